The molecule has 0 radical (unpaired) electrons. The number of pyridine rings is 1. The summed E-state index contributed by atoms with van der Waals surface area (Å²) in [5.41, 5.74) is 11.0. The van der Waals surface area contributed by atoms with Gasteiger partial charge in [0, 0.05) is 35.8 Å². The van der Waals surface area contributed by atoms with Gasteiger partial charge in [0.05, 0.1) is 28.5 Å². The average Bonchev–Trinajstić information content (AvgIpc) is 3.36. The molecule has 2 aliphatic heterocycles. The number of halogens is 1. The highest BCUT2D eigenvalue weighted by atomic mass is 79.9. The Balaban J connectivity index is 1.43. The standard InChI is InChI=1S/C27H31BrN6O2/c1-16-6-7-20(17-8-10-33(11-9-17)27(36)22(29)15-35)24(28)26(30)34-25(16)21(14-32-34)19-12-18-4-2-3-5-23(18)31-13-19/h2-5,12-14,16-17,22,30,35H,6-11,15,29H2,1H3. The molecule has 5 rings (SSSR count). The van der Waals surface area contributed by atoms with E-state index in [0.29, 0.717) is 18.9 Å². The summed E-state index contributed by atoms with van der Waals surface area (Å²) in [6, 6.07) is 9.36. The van der Waals surface area contributed by atoms with Crippen LogP contribution in [0.3, 0.4) is 0 Å². The Bertz CT molecular complexity index is 1340. The molecule has 4 N–H and O–H groups in total. The number of nitrogens with one attached hydrogen (secondary N) is 1. The number of piperidine rings is 1. The van der Waals surface area contributed by atoms with Gasteiger partial charge in [0.2, 0.25) is 5.91 Å². The maximum atomic E-state index is 12.4. The molecular weight excluding hydrogens is 520 g/mol. The number of amides is 1. The van der Waals surface area contributed by atoms with Crippen molar-refractivity contribution < 1.29 is 9.90 Å². The molecule has 3 aromatic rings. The second-order valence-corrected chi connectivity index (χ2v) is 10.6. The maximum absolute atomic E-state index is 12.4. The van der Waals surface area contributed by atoms with Gasteiger partial charge in [0.25, 0.3) is 0 Å². The van der Waals surface area contributed by atoms with Crippen LogP contribution in [0.1, 0.15) is 44.2 Å². The summed E-state index contributed by atoms with van der Waals surface area (Å²) >= 11 is 3.76. The second kappa shape index (κ2) is 10.2. The quantitative estimate of drug-likeness (QED) is 0.452. The Morgan fingerprint density at radius 3 is 2.75 bits per heavy atom. The molecule has 1 amide bonds. The minimum atomic E-state index is -0.854. The summed E-state index contributed by atoms with van der Waals surface area (Å²) in [7, 11) is 0. The molecule has 1 saturated heterocycles. The summed E-state index contributed by atoms with van der Waals surface area (Å²) in [6.45, 7) is 3.08. The Labute approximate surface area is 218 Å². The highest BCUT2D eigenvalue weighted by Gasteiger charge is 2.32. The van der Waals surface area contributed by atoms with Crippen LogP contribution in [0.5, 0.6) is 0 Å². The Morgan fingerprint density at radius 1 is 1.25 bits per heavy atom. The number of para-hydroxylation sites is 1. The molecule has 2 atom stereocenters. The van der Waals surface area contributed by atoms with Gasteiger partial charge in [0.15, 0.2) is 5.84 Å². The zero-order valence-corrected chi connectivity index (χ0v) is 21.9. The van der Waals surface area contributed by atoms with Gasteiger partial charge in [-0.2, -0.15) is 5.10 Å². The molecule has 1 aromatic carbocycles. The van der Waals surface area contributed by atoms with Crippen molar-refractivity contribution in [3.8, 4) is 11.1 Å². The number of aliphatic hydroxyl groups excluding tert-OH is 1. The van der Waals surface area contributed by atoms with E-state index in [1.807, 2.05) is 30.6 Å². The lowest BCUT2D eigenvalue weighted by Gasteiger charge is -2.35. The van der Waals surface area contributed by atoms with Crippen molar-refractivity contribution in [2.24, 2.45) is 11.7 Å². The summed E-state index contributed by atoms with van der Waals surface area (Å²) in [5, 5.41) is 24.0. The lowest BCUT2D eigenvalue weighted by molar-refractivity contribution is -0.134. The van der Waals surface area contributed by atoms with E-state index in [1.54, 1.807) is 9.58 Å². The number of fused-ring (bicyclic) bond motifs is 2. The summed E-state index contributed by atoms with van der Waals surface area (Å²) in [4.78, 5) is 18.8. The van der Waals surface area contributed by atoms with Crippen molar-refractivity contribution in [3.63, 3.8) is 0 Å². The van der Waals surface area contributed by atoms with Crippen LogP contribution in [-0.4, -0.2) is 62.3 Å². The first-order valence-corrected chi connectivity index (χ1v) is 13.2. The Morgan fingerprint density at radius 2 is 2.00 bits per heavy atom. The van der Waals surface area contributed by atoms with Crippen LogP contribution in [0.25, 0.3) is 22.0 Å². The van der Waals surface area contributed by atoms with E-state index in [1.165, 1.54) is 5.57 Å². The van der Waals surface area contributed by atoms with Gasteiger partial charge in [-0.15, -0.1) is 0 Å². The first-order valence-electron chi connectivity index (χ1n) is 12.4. The number of hydrogen-bond acceptors (Lipinski definition) is 6. The minimum absolute atomic E-state index is 0.195. The number of nitrogens with zero attached hydrogens (tertiary/aromatic N) is 4. The molecule has 0 spiro atoms. The summed E-state index contributed by atoms with van der Waals surface area (Å²) < 4.78 is 2.55. The van der Waals surface area contributed by atoms with Crippen LogP contribution in [0.2, 0.25) is 0 Å². The molecule has 188 valence electrons. The molecule has 0 bridgehead atoms. The number of carbonyl (C=O) groups excluding carboxylic acids is 1. The average molecular weight is 551 g/mol. The van der Waals surface area contributed by atoms with Crippen molar-refractivity contribution >= 4 is 38.6 Å². The van der Waals surface area contributed by atoms with Gasteiger partial charge in [0.1, 0.15) is 6.04 Å². The number of nitrogens with two attached hydrogens (primary N) is 1. The first-order chi connectivity index (χ1) is 17.4. The summed E-state index contributed by atoms with van der Waals surface area (Å²) in [5.74, 6) is 0.629. The minimum Gasteiger partial charge on any atom is -0.394 e. The predicted molar refractivity (Wildman–Crippen MR) is 144 cm³/mol. The zero-order valence-electron chi connectivity index (χ0n) is 20.3. The molecule has 2 unspecified atom stereocenters. The normalized spacial score (nSPS) is 20.3. The second-order valence-electron chi connectivity index (χ2n) is 9.79. The highest BCUT2D eigenvalue weighted by Crippen LogP contribution is 2.40. The number of likely N-dealkylation sites (tertiary alicyclic amines) is 1. The van der Waals surface area contributed by atoms with Crippen molar-refractivity contribution in [1.82, 2.24) is 19.7 Å². The SMILES string of the molecule is CC1CCC(C2CCN(C(=O)C(N)CO)CC2)=C(Br)C(=N)n2ncc(-c3cnc4ccccc4c3)c21. The molecule has 2 aliphatic rings. The number of benzene rings is 1. The fraction of sp³-hybridized carbons (Fsp3) is 0.407. The highest BCUT2D eigenvalue weighted by molar-refractivity contribution is 9.12. The number of allylic oxidation sites excluding steroid dienone is 2. The fourth-order valence-electron chi connectivity index (χ4n) is 5.46. The number of aliphatic hydroxyl groups is 1. The number of carbonyl (C=O) groups is 1. The fourth-order valence-corrected chi connectivity index (χ4v) is 6.15. The van der Waals surface area contributed by atoms with Crippen molar-refractivity contribution in [1.29, 1.82) is 5.41 Å². The van der Waals surface area contributed by atoms with E-state index in [2.05, 4.69) is 45.1 Å². The molecule has 9 heteroatoms. The molecule has 0 saturated carbocycles. The van der Waals surface area contributed by atoms with E-state index in [0.717, 1.165) is 57.9 Å². The van der Waals surface area contributed by atoms with Gasteiger partial charge in [-0.1, -0.05) is 25.1 Å². The number of aromatic nitrogens is 3. The largest absolute Gasteiger partial charge is 0.394 e. The van der Waals surface area contributed by atoms with Crippen LogP contribution in [0, 0.1) is 11.3 Å². The number of hydrogen-bond donors (Lipinski definition) is 3. The third-order valence-electron chi connectivity index (χ3n) is 7.54. The van der Waals surface area contributed by atoms with Crippen LogP contribution in [0.4, 0.5) is 0 Å². The van der Waals surface area contributed by atoms with Crippen molar-refractivity contribution in [3.05, 3.63) is 58.5 Å². The van der Waals surface area contributed by atoms with E-state index in [9.17, 15) is 9.90 Å². The molecule has 2 aromatic heterocycles. The van der Waals surface area contributed by atoms with Gasteiger partial charge in [-0.25, -0.2) is 4.68 Å². The molecule has 8 nitrogen and oxygen atoms in total. The third-order valence-corrected chi connectivity index (χ3v) is 8.42. The number of rotatable bonds is 4. The maximum Gasteiger partial charge on any atom is 0.241 e. The van der Waals surface area contributed by atoms with E-state index in [-0.39, 0.29) is 24.3 Å². The molecular formula is C27H31BrN6O2. The third kappa shape index (κ3) is 4.51. The lowest BCUT2D eigenvalue weighted by atomic mass is 9.83. The van der Waals surface area contributed by atoms with Crippen molar-refractivity contribution in [2.75, 3.05) is 19.7 Å². The topological polar surface area (TPSA) is 121 Å². The Kier molecular flexibility index (Phi) is 7.05. The lowest BCUT2D eigenvalue weighted by Crippen LogP contribution is -2.48. The van der Waals surface area contributed by atoms with Gasteiger partial charge in [-0.3, -0.25) is 15.2 Å². The van der Waals surface area contributed by atoms with E-state index < -0.39 is 6.04 Å². The molecule has 4 heterocycles. The van der Waals surface area contributed by atoms with Crippen LogP contribution in [-0.2, 0) is 4.79 Å². The molecule has 0 aliphatic carbocycles. The smallest absolute Gasteiger partial charge is 0.241 e. The van der Waals surface area contributed by atoms with Crippen LogP contribution < -0.4 is 5.73 Å². The molecule has 36 heavy (non-hydrogen) atoms. The van der Waals surface area contributed by atoms with Crippen molar-refractivity contribution in [2.45, 2.75) is 44.6 Å². The first kappa shape index (κ1) is 24.8. The summed E-state index contributed by atoms with van der Waals surface area (Å²) in [6.07, 6.45) is 7.19. The van der Waals surface area contributed by atoms with E-state index in [4.69, 9.17) is 11.1 Å². The van der Waals surface area contributed by atoms with Crippen LogP contribution in [0.15, 0.2) is 52.8 Å². The zero-order chi connectivity index (χ0) is 25.4. The molecule has 1 fully saturated rings. The predicted octanol–water partition coefficient (Wildman–Crippen LogP) is 4.03. The monoisotopic (exact) mass is 550 g/mol. The van der Waals surface area contributed by atoms with Gasteiger partial charge in [-0.05, 0) is 71.2 Å². The van der Waals surface area contributed by atoms with Crippen LogP contribution >= 0.6 is 15.9 Å². The Hall–Kier alpha value is -2.88. The van der Waals surface area contributed by atoms with Gasteiger partial charge < -0.3 is 15.7 Å². The van der Waals surface area contributed by atoms with E-state index >= 15 is 0 Å². The van der Waals surface area contributed by atoms with Gasteiger partial charge >= 0.3 is 0 Å².